The van der Waals surface area contributed by atoms with Crippen LogP contribution in [0.25, 0.3) is 0 Å². The van der Waals surface area contributed by atoms with E-state index in [1.807, 2.05) is 44.2 Å². The number of carbonyl (C=O) groups excluding carboxylic acids is 2. The van der Waals surface area contributed by atoms with Crippen LogP contribution in [0.2, 0.25) is 0 Å². The number of hydrogen-bond acceptors (Lipinski definition) is 8. The maximum atomic E-state index is 14.1. The van der Waals surface area contributed by atoms with Crippen LogP contribution in [0.1, 0.15) is 66.2 Å². The first-order valence-corrected chi connectivity index (χ1v) is 13.6. The Balaban J connectivity index is 2.02. The van der Waals surface area contributed by atoms with Gasteiger partial charge in [0.1, 0.15) is 11.8 Å². The maximum absolute atomic E-state index is 14.1. The van der Waals surface area contributed by atoms with Gasteiger partial charge in [-0.05, 0) is 80.5 Å². The highest BCUT2D eigenvalue weighted by molar-refractivity contribution is 5.95. The van der Waals surface area contributed by atoms with Crippen LogP contribution in [0, 0.1) is 19.8 Å². The van der Waals surface area contributed by atoms with Gasteiger partial charge in [0, 0.05) is 6.42 Å². The Hall–Kier alpha value is -4.45. The number of amides is 2. The Morgan fingerprint density at radius 3 is 2.34 bits per heavy atom. The van der Waals surface area contributed by atoms with Gasteiger partial charge in [-0.1, -0.05) is 42.4 Å². The third kappa shape index (κ3) is 7.60. The van der Waals surface area contributed by atoms with Crippen molar-refractivity contribution in [3.63, 3.8) is 0 Å². The maximum Gasteiger partial charge on any atom is 0.249 e. The molecule has 0 aliphatic heterocycles. The van der Waals surface area contributed by atoms with Crippen LogP contribution in [0.5, 0.6) is 5.75 Å². The van der Waals surface area contributed by atoms with Gasteiger partial charge in [0.2, 0.25) is 17.7 Å². The van der Waals surface area contributed by atoms with E-state index in [9.17, 15) is 14.7 Å². The third-order valence-electron chi connectivity index (χ3n) is 7.28. The molecule has 12 heteroatoms. The number of rotatable bonds is 14. The number of phenols is 1. The molecule has 10 N–H and O–H groups in total. The van der Waals surface area contributed by atoms with Crippen molar-refractivity contribution in [1.82, 2.24) is 15.5 Å². The molecule has 3 rings (SSSR count). The van der Waals surface area contributed by atoms with Gasteiger partial charge in [-0.25, -0.2) is 4.99 Å². The van der Waals surface area contributed by atoms with Crippen molar-refractivity contribution < 1.29 is 19.2 Å². The van der Waals surface area contributed by atoms with E-state index in [4.69, 9.17) is 27.5 Å². The van der Waals surface area contributed by atoms with Crippen LogP contribution < -0.4 is 28.3 Å². The molecule has 0 radical (unpaired) electrons. The summed E-state index contributed by atoms with van der Waals surface area (Å²) < 4.78 is 5.57. The second kappa shape index (κ2) is 13.8. The van der Waals surface area contributed by atoms with Gasteiger partial charge in [0.05, 0.1) is 5.92 Å². The fraction of sp³-hybridized carbons (Fsp3) is 0.414. The number of benzene rings is 2. The number of nitrogens with one attached hydrogen (secondary N) is 1. The lowest BCUT2D eigenvalue weighted by Gasteiger charge is -2.34. The number of phenolic OH excluding ortho intramolecular Hbond substituents is 1. The van der Waals surface area contributed by atoms with Gasteiger partial charge in [-0.3, -0.25) is 9.59 Å². The second-order valence-electron chi connectivity index (χ2n) is 10.2. The van der Waals surface area contributed by atoms with Crippen molar-refractivity contribution in [2.45, 2.75) is 64.5 Å². The van der Waals surface area contributed by atoms with E-state index >= 15 is 0 Å². The Morgan fingerprint density at radius 1 is 1.12 bits per heavy atom. The van der Waals surface area contributed by atoms with Crippen LogP contribution >= 0.6 is 0 Å². The van der Waals surface area contributed by atoms with Gasteiger partial charge in [0.25, 0.3) is 0 Å². The number of hydrogen-bond donors (Lipinski definition) is 6. The first-order valence-electron chi connectivity index (χ1n) is 13.6. The molecule has 41 heavy (non-hydrogen) atoms. The number of aromatic hydroxyl groups is 1. The number of aromatic nitrogens is 2. The molecule has 1 heterocycles. The topological polar surface area (TPSA) is 222 Å². The Bertz CT molecular complexity index is 1350. The third-order valence-corrected chi connectivity index (χ3v) is 7.28. The standard InChI is InChI=1S/C29H40N8O4/c1-4-29(27(31)40,36-28(32)33)22(16-21-17(2)13-20(38)14-18(21)3)25(39)34-23(11-8-12-30)26-35-24(37-41-26)15-19-9-6-5-7-10-19/h5-7,9-10,13-14,22-23,38H,4,8,11-12,15-16,30H2,1-3H3,(H2,31,40)(H,34,39)(H4,32,33,36)/t22-,23+,29?/m1/s1. The average Bonchev–Trinajstić information content (AvgIpc) is 3.38. The summed E-state index contributed by atoms with van der Waals surface area (Å²) in [5.41, 5.74) is 24.6. The molecule has 3 aromatic rings. The molecule has 0 bridgehead atoms. The van der Waals surface area contributed by atoms with Gasteiger partial charge in [-0.2, -0.15) is 4.98 Å². The molecule has 0 saturated heterocycles. The lowest BCUT2D eigenvalue weighted by molar-refractivity contribution is -0.135. The highest BCUT2D eigenvalue weighted by atomic mass is 16.5. The van der Waals surface area contributed by atoms with E-state index in [0.29, 0.717) is 31.6 Å². The number of guanidine groups is 1. The molecule has 220 valence electrons. The monoisotopic (exact) mass is 564 g/mol. The molecule has 2 amide bonds. The van der Waals surface area contributed by atoms with Crippen molar-refractivity contribution in [1.29, 1.82) is 0 Å². The van der Waals surface area contributed by atoms with Crippen molar-refractivity contribution in [3.8, 4) is 5.75 Å². The van der Waals surface area contributed by atoms with Crippen LogP contribution in [0.3, 0.4) is 0 Å². The fourth-order valence-corrected chi connectivity index (χ4v) is 5.12. The normalized spacial score (nSPS) is 14.0. The summed E-state index contributed by atoms with van der Waals surface area (Å²) in [7, 11) is 0. The Morgan fingerprint density at radius 2 is 1.78 bits per heavy atom. The first-order chi connectivity index (χ1) is 19.5. The van der Waals surface area contributed by atoms with Crippen LogP contribution in [0.4, 0.5) is 0 Å². The minimum Gasteiger partial charge on any atom is -0.508 e. The summed E-state index contributed by atoms with van der Waals surface area (Å²) in [6.07, 6.45) is 1.56. The first kappa shape index (κ1) is 31.1. The summed E-state index contributed by atoms with van der Waals surface area (Å²) in [6, 6.07) is 12.2. The minimum absolute atomic E-state index is 0.0593. The average molecular weight is 565 g/mol. The molecule has 0 aliphatic rings. The summed E-state index contributed by atoms with van der Waals surface area (Å²) in [4.78, 5) is 35.9. The largest absolute Gasteiger partial charge is 0.508 e. The van der Waals surface area contributed by atoms with E-state index in [1.165, 1.54) is 0 Å². The predicted octanol–water partition coefficient (Wildman–Crippen LogP) is 1.65. The smallest absolute Gasteiger partial charge is 0.249 e. The number of aliphatic imine (C=N–C) groups is 1. The molecule has 2 aromatic carbocycles. The SMILES string of the molecule is CCC(N=C(N)N)(C(N)=O)[C@H](Cc1c(C)cc(O)cc1C)C(=O)N[C@@H](CCCN)c1nc(Cc2ccccc2)no1. The highest BCUT2D eigenvalue weighted by Crippen LogP contribution is 2.34. The van der Waals surface area contributed by atoms with Crippen LogP contribution in [-0.4, -0.2) is 45.1 Å². The Labute approximate surface area is 239 Å². The van der Waals surface area contributed by atoms with Crippen LogP contribution in [0.15, 0.2) is 52.0 Å². The van der Waals surface area contributed by atoms with E-state index in [-0.39, 0.29) is 30.4 Å². The summed E-state index contributed by atoms with van der Waals surface area (Å²) in [6.45, 7) is 5.69. The number of primary amides is 1. The molecule has 1 unspecified atom stereocenters. The number of aryl methyl sites for hydroxylation is 2. The van der Waals surface area contributed by atoms with Gasteiger partial charge in [-0.15, -0.1) is 0 Å². The zero-order valence-corrected chi connectivity index (χ0v) is 23.8. The molecule has 3 atom stereocenters. The summed E-state index contributed by atoms with van der Waals surface area (Å²) in [5, 5.41) is 17.1. The quantitative estimate of drug-likeness (QED) is 0.123. The van der Waals surface area contributed by atoms with Gasteiger partial charge >= 0.3 is 0 Å². The molecule has 0 spiro atoms. The van der Waals surface area contributed by atoms with Gasteiger partial charge in [0.15, 0.2) is 17.3 Å². The van der Waals surface area contributed by atoms with Crippen molar-refractivity contribution in [2.75, 3.05) is 6.54 Å². The van der Waals surface area contributed by atoms with Crippen molar-refractivity contribution >= 4 is 17.8 Å². The molecular weight excluding hydrogens is 524 g/mol. The molecule has 0 aliphatic carbocycles. The Kier molecular flexibility index (Phi) is 10.4. The molecular formula is C29H40N8O4. The van der Waals surface area contributed by atoms with Crippen molar-refractivity contribution in [3.05, 3.63) is 76.4 Å². The van der Waals surface area contributed by atoms with Crippen molar-refractivity contribution in [2.24, 2.45) is 33.8 Å². The summed E-state index contributed by atoms with van der Waals surface area (Å²) >= 11 is 0. The number of carbonyl (C=O) groups is 2. The minimum atomic E-state index is -1.74. The molecule has 0 fully saturated rings. The lowest BCUT2D eigenvalue weighted by atomic mass is 9.75. The number of nitrogens with two attached hydrogens (primary N) is 4. The van der Waals surface area contributed by atoms with E-state index < -0.39 is 29.3 Å². The second-order valence-corrected chi connectivity index (χ2v) is 10.2. The van der Waals surface area contributed by atoms with E-state index in [1.54, 1.807) is 19.1 Å². The van der Waals surface area contributed by atoms with Gasteiger partial charge < -0.3 is 37.9 Å². The highest BCUT2D eigenvalue weighted by Gasteiger charge is 2.48. The van der Waals surface area contributed by atoms with Crippen LogP contribution in [-0.2, 0) is 22.4 Å². The lowest BCUT2D eigenvalue weighted by Crippen LogP contribution is -2.56. The molecule has 0 saturated carbocycles. The number of nitrogens with zero attached hydrogens (tertiary/aromatic N) is 3. The van der Waals surface area contributed by atoms with E-state index in [2.05, 4.69) is 20.4 Å². The fourth-order valence-electron chi connectivity index (χ4n) is 5.12. The predicted molar refractivity (Wildman–Crippen MR) is 156 cm³/mol. The summed E-state index contributed by atoms with van der Waals surface area (Å²) in [5.74, 6) is -2.07. The molecule has 12 nitrogen and oxygen atoms in total. The molecule has 1 aromatic heterocycles. The zero-order chi connectivity index (χ0) is 30.2. The zero-order valence-electron chi connectivity index (χ0n) is 23.8. The van der Waals surface area contributed by atoms with E-state index in [0.717, 1.165) is 22.3 Å².